The topological polar surface area (TPSA) is 67.4 Å². The first-order valence-electron chi connectivity index (χ1n) is 10.2. The van der Waals surface area contributed by atoms with Gasteiger partial charge in [0, 0.05) is 12.6 Å². The van der Waals surface area contributed by atoms with E-state index in [1.807, 2.05) is 24.3 Å². The number of nitrogens with one attached hydrogen (secondary N) is 2. The van der Waals surface area contributed by atoms with Crippen LogP contribution in [0.5, 0.6) is 5.75 Å². The van der Waals surface area contributed by atoms with E-state index in [1.54, 1.807) is 7.11 Å². The summed E-state index contributed by atoms with van der Waals surface area (Å²) >= 11 is 0. The van der Waals surface area contributed by atoms with E-state index in [0.717, 1.165) is 29.1 Å². The van der Waals surface area contributed by atoms with E-state index in [0.29, 0.717) is 6.54 Å². The lowest BCUT2D eigenvalue weighted by Gasteiger charge is -2.59. The second-order valence-electron chi connectivity index (χ2n) is 9.01. The smallest absolute Gasteiger partial charge is 0.309 e. The molecule has 27 heavy (non-hydrogen) atoms. The molecule has 0 radical (unpaired) electrons. The Morgan fingerprint density at radius 3 is 2.11 bits per heavy atom. The molecule has 1 aromatic rings. The summed E-state index contributed by atoms with van der Waals surface area (Å²) < 4.78 is 5.13. The van der Waals surface area contributed by atoms with Crippen molar-refractivity contribution in [1.29, 1.82) is 0 Å². The highest BCUT2D eigenvalue weighted by atomic mass is 16.5. The standard InChI is InChI=1S/C22H30N2O3/c1-14(22-10-16-7-17(11-22)9-18(8-16)12-22)24-21(26)20(25)23-13-15-3-5-19(27-2)6-4-15/h3-6,14,16-18H,7-13H2,1-2H3,(H,23,25)(H,24,26). The van der Waals surface area contributed by atoms with Gasteiger partial charge in [0.2, 0.25) is 0 Å². The van der Waals surface area contributed by atoms with E-state index in [1.165, 1.54) is 38.5 Å². The number of benzene rings is 1. The van der Waals surface area contributed by atoms with Gasteiger partial charge in [-0.2, -0.15) is 0 Å². The number of hydrogen-bond donors (Lipinski definition) is 2. The van der Waals surface area contributed by atoms with E-state index >= 15 is 0 Å². The normalized spacial score (nSPS) is 32.0. The van der Waals surface area contributed by atoms with Crippen LogP contribution in [-0.2, 0) is 16.1 Å². The third-order valence-corrected chi connectivity index (χ3v) is 7.17. The molecule has 0 aliphatic heterocycles. The number of amides is 2. The lowest BCUT2D eigenvalue weighted by atomic mass is 9.48. The quantitative estimate of drug-likeness (QED) is 0.783. The summed E-state index contributed by atoms with van der Waals surface area (Å²) in [5, 5.41) is 5.74. The first kappa shape index (κ1) is 18.3. The van der Waals surface area contributed by atoms with E-state index in [2.05, 4.69) is 17.6 Å². The minimum absolute atomic E-state index is 0.0603. The van der Waals surface area contributed by atoms with Crippen molar-refractivity contribution < 1.29 is 14.3 Å². The van der Waals surface area contributed by atoms with Gasteiger partial charge in [-0.25, -0.2) is 0 Å². The lowest BCUT2D eigenvalue weighted by Crippen LogP contribution is -2.57. The molecule has 4 saturated carbocycles. The van der Waals surface area contributed by atoms with Gasteiger partial charge in [-0.3, -0.25) is 9.59 Å². The van der Waals surface area contributed by atoms with Crippen molar-refractivity contribution in [2.75, 3.05) is 7.11 Å². The van der Waals surface area contributed by atoms with Gasteiger partial charge in [0.15, 0.2) is 0 Å². The minimum Gasteiger partial charge on any atom is -0.497 e. The van der Waals surface area contributed by atoms with Gasteiger partial charge in [0.25, 0.3) is 0 Å². The van der Waals surface area contributed by atoms with Crippen molar-refractivity contribution in [2.24, 2.45) is 23.2 Å². The summed E-state index contributed by atoms with van der Waals surface area (Å²) in [6.45, 7) is 2.43. The summed E-state index contributed by atoms with van der Waals surface area (Å²) in [5.74, 6) is 2.21. The van der Waals surface area contributed by atoms with Crippen molar-refractivity contribution in [1.82, 2.24) is 10.6 Å². The summed E-state index contributed by atoms with van der Waals surface area (Å²) in [7, 11) is 1.62. The van der Waals surface area contributed by atoms with Crippen molar-refractivity contribution in [2.45, 2.75) is 58.0 Å². The first-order chi connectivity index (χ1) is 13.0. The molecule has 146 valence electrons. The molecule has 1 atom stereocenters. The summed E-state index contributed by atoms with van der Waals surface area (Å²) in [4.78, 5) is 24.7. The van der Waals surface area contributed by atoms with Crippen LogP contribution in [0.15, 0.2) is 24.3 Å². The Morgan fingerprint density at radius 2 is 1.59 bits per heavy atom. The van der Waals surface area contributed by atoms with Gasteiger partial charge < -0.3 is 15.4 Å². The van der Waals surface area contributed by atoms with Crippen LogP contribution in [0, 0.1) is 23.2 Å². The van der Waals surface area contributed by atoms with Gasteiger partial charge in [-0.15, -0.1) is 0 Å². The molecule has 0 heterocycles. The highest BCUT2D eigenvalue weighted by Gasteiger charge is 2.53. The molecule has 5 heteroatoms. The van der Waals surface area contributed by atoms with Crippen molar-refractivity contribution in [3.8, 4) is 5.75 Å². The summed E-state index contributed by atoms with van der Waals surface area (Å²) in [6.07, 6.45) is 7.78. The molecule has 5 rings (SSSR count). The molecule has 4 bridgehead atoms. The molecule has 4 aliphatic carbocycles. The summed E-state index contributed by atoms with van der Waals surface area (Å²) in [5.41, 5.74) is 1.15. The maximum atomic E-state index is 12.4. The highest BCUT2D eigenvalue weighted by molar-refractivity contribution is 6.35. The Morgan fingerprint density at radius 1 is 1.04 bits per heavy atom. The largest absolute Gasteiger partial charge is 0.497 e. The lowest BCUT2D eigenvalue weighted by molar-refractivity contribution is -0.141. The Hall–Kier alpha value is -2.04. The number of rotatable bonds is 5. The predicted molar refractivity (Wildman–Crippen MR) is 103 cm³/mol. The van der Waals surface area contributed by atoms with Gasteiger partial charge in [-0.05, 0) is 86.3 Å². The molecule has 5 nitrogen and oxygen atoms in total. The Kier molecular flexibility index (Phi) is 4.87. The van der Waals surface area contributed by atoms with Gasteiger partial charge in [-0.1, -0.05) is 12.1 Å². The number of hydrogen-bond acceptors (Lipinski definition) is 3. The zero-order valence-corrected chi connectivity index (χ0v) is 16.3. The number of carbonyl (C=O) groups excluding carboxylic acids is 2. The fourth-order valence-electron chi connectivity index (χ4n) is 6.13. The molecular weight excluding hydrogens is 340 g/mol. The third-order valence-electron chi connectivity index (χ3n) is 7.17. The molecule has 2 N–H and O–H groups in total. The average molecular weight is 370 g/mol. The summed E-state index contributed by atoms with van der Waals surface area (Å²) in [6, 6.07) is 7.52. The fraction of sp³-hybridized carbons (Fsp3) is 0.636. The third kappa shape index (κ3) is 3.69. The first-order valence-corrected chi connectivity index (χ1v) is 10.2. The Labute approximate surface area is 161 Å². The van der Waals surface area contributed by atoms with E-state index in [-0.39, 0.29) is 11.5 Å². The number of ether oxygens (including phenoxy) is 1. The molecule has 1 unspecified atom stereocenters. The zero-order chi connectivity index (χ0) is 19.0. The fourth-order valence-corrected chi connectivity index (χ4v) is 6.13. The van der Waals surface area contributed by atoms with Crippen molar-refractivity contribution in [3.05, 3.63) is 29.8 Å². The predicted octanol–water partition coefficient (Wildman–Crippen LogP) is 3.03. The molecule has 4 fully saturated rings. The van der Waals surface area contributed by atoms with E-state index < -0.39 is 11.8 Å². The van der Waals surface area contributed by atoms with Crippen molar-refractivity contribution in [3.63, 3.8) is 0 Å². The second kappa shape index (κ2) is 7.17. The minimum atomic E-state index is -0.553. The second-order valence-corrected chi connectivity index (χ2v) is 9.01. The number of methoxy groups -OCH3 is 1. The maximum absolute atomic E-state index is 12.4. The maximum Gasteiger partial charge on any atom is 0.309 e. The van der Waals surface area contributed by atoms with Crippen LogP contribution in [0.25, 0.3) is 0 Å². The molecule has 1 aromatic carbocycles. The Bertz CT molecular complexity index is 677. The van der Waals surface area contributed by atoms with Gasteiger partial charge in [0.1, 0.15) is 5.75 Å². The van der Waals surface area contributed by atoms with Crippen LogP contribution in [0.1, 0.15) is 51.0 Å². The van der Waals surface area contributed by atoms with Crippen molar-refractivity contribution >= 4 is 11.8 Å². The molecule has 0 aromatic heterocycles. The molecular formula is C22H30N2O3. The van der Waals surface area contributed by atoms with Crippen LogP contribution in [-0.4, -0.2) is 25.0 Å². The average Bonchev–Trinajstić information content (AvgIpc) is 2.65. The van der Waals surface area contributed by atoms with Crippen LogP contribution < -0.4 is 15.4 Å². The molecule has 0 saturated heterocycles. The SMILES string of the molecule is COc1ccc(CNC(=O)C(=O)NC(C)C23CC4CC(CC(C4)C2)C3)cc1. The molecule has 0 spiro atoms. The van der Waals surface area contributed by atoms with E-state index in [4.69, 9.17) is 4.74 Å². The Balaban J connectivity index is 1.31. The van der Waals surface area contributed by atoms with Crippen LogP contribution in [0.2, 0.25) is 0 Å². The van der Waals surface area contributed by atoms with Gasteiger partial charge in [0.05, 0.1) is 7.11 Å². The monoisotopic (exact) mass is 370 g/mol. The molecule has 2 amide bonds. The van der Waals surface area contributed by atoms with Crippen LogP contribution in [0.3, 0.4) is 0 Å². The van der Waals surface area contributed by atoms with E-state index in [9.17, 15) is 9.59 Å². The molecule has 4 aliphatic rings. The highest BCUT2D eigenvalue weighted by Crippen LogP contribution is 2.61. The van der Waals surface area contributed by atoms with Crippen LogP contribution >= 0.6 is 0 Å². The van der Waals surface area contributed by atoms with Gasteiger partial charge >= 0.3 is 11.8 Å². The van der Waals surface area contributed by atoms with Crippen LogP contribution in [0.4, 0.5) is 0 Å². The number of carbonyl (C=O) groups is 2. The zero-order valence-electron chi connectivity index (χ0n) is 16.3.